The summed E-state index contributed by atoms with van der Waals surface area (Å²) in [5.41, 5.74) is -2.72. The van der Waals surface area contributed by atoms with Crippen molar-refractivity contribution in [2.24, 2.45) is 0 Å². The number of hydrogen-bond acceptors (Lipinski definition) is 4. The summed E-state index contributed by atoms with van der Waals surface area (Å²) in [6, 6.07) is 0. The van der Waals surface area contributed by atoms with Crippen LogP contribution in [0.15, 0.2) is 11.1 Å². The van der Waals surface area contributed by atoms with E-state index in [9.17, 15) is 20.2 Å². The third-order valence-corrected chi connectivity index (χ3v) is 4.59. The summed E-state index contributed by atoms with van der Waals surface area (Å²) in [6.45, 7) is 3.04. The van der Waals surface area contributed by atoms with E-state index in [4.69, 9.17) is 11.6 Å². The van der Waals surface area contributed by atoms with Crippen LogP contribution in [0, 0.1) is 20.2 Å². The first-order chi connectivity index (χ1) is 8.36. The molecule has 0 aromatic carbocycles. The topological polar surface area (TPSA) is 90.7 Å². The molecule has 2 rings (SSSR count). The second kappa shape index (κ2) is 4.17. The number of nitrogens with one attached hydrogen (secondary N) is 1. The van der Waals surface area contributed by atoms with Crippen LogP contribution in [0.5, 0.6) is 0 Å². The van der Waals surface area contributed by atoms with Gasteiger partial charge in [-0.3, -0.25) is 20.2 Å². The highest BCUT2D eigenvalue weighted by Gasteiger charge is 2.67. The largest absolute Gasteiger partial charge is 0.323 e. The van der Waals surface area contributed by atoms with Crippen LogP contribution in [0.2, 0.25) is 0 Å². The number of hydrogen-bond donors (Lipinski definition) is 1. The molecule has 0 spiro atoms. The number of nitrogens with zero attached hydrogens (tertiary/aromatic N) is 2. The number of likely N-dealkylation sites (tertiary alicyclic amines) is 1. The van der Waals surface area contributed by atoms with E-state index >= 15 is 0 Å². The molecular weight excluding hydrogens is 262 g/mol. The molecule has 0 radical (unpaired) electrons. The molecule has 18 heavy (non-hydrogen) atoms. The quantitative estimate of drug-likeness (QED) is 0.573. The van der Waals surface area contributed by atoms with Crippen LogP contribution in [0.3, 0.4) is 0 Å². The van der Waals surface area contributed by atoms with E-state index in [-0.39, 0.29) is 29.3 Å². The van der Waals surface area contributed by atoms with Gasteiger partial charge in [-0.2, -0.15) is 0 Å². The lowest BCUT2D eigenvalue weighted by molar-refractivity contribution is -0.942. The van der Waals surface area contributed by atoms with Crippen LogP contribution in [0.1, 0.15) is 19.8 Å². The standard InChI is InChI=1S/C10H14ClN3O4/c1-2-12-6-9(13(15)16)4-3-8(11)10(5-9,7-12)14(17)18/h3H,2,4-7H2,1H3/p+1/t9-,10+/m0/s1. The second-order valence-corrected chi connectivity index (χ2v) is 5.57. The van der Waals surface area contributed by atoms with Gasteiger partial charge >= 0.3 is 5.54 Å². The molecule has 100 valence electrons. The van der Waals surface area contributed by atoms with Crippen LogP contribution in [0.4, 0.5) is 0 Å². The molecule has 1 N–H and O–H groups in total. The molecule has 1 saturated heterocycles. The van der Waals surface area contributed by atoms with Crippen molar-refractivity contribution in [3.63, 3.8) is 0 Å². The average molecular weight is 277 g/mol. The van der Waals surface area contributed by atoms with E-state index in [0.29, 0.717) is 13.1 Å². The summed E-state index contributed by atoms with van der Waals surface area (Å²) < 4.78 is 0. The molecule has 3 atom stereocenters. The third kappa shape index (κ3) is 1.69. The molecule has 0 saturated carbocycles. The van der Waals surface area contributed by atoms with E-state index in [1.807, 2.05) is 6.92 Å². The molecule has 8 heteroatoms. The highest BCUT2D eigenvalue weighted by Crippen LogP contribution is 2.41. The minimum atomic E-state index is -1.48. The first-order valence-corrected chi connectivity index (χ1v) is 6.23. The minimum Gasteiger partial charge on any atom is -0.323 e. The minimum absolute atomic E-state index is 0.0984. The molecule has 7 nitrogen and oxygen atoms in total. The van der Waals surface area contributed by atoms with Crippen LogP contribution in [0.25, 0.3) is 0 Å². The predicted octanol–water partition coefficient (Wildman–Crippen LogP) is -0.148. The summed E-state index contributed by atoms with van der Waals surface area (Å²) in [5.74, 6) is 0. The van der Waals surface area contributed by atoms with Crippen LogP contribution < -0.4 is 4.90 Å². The van der Waals surface area contributed by atoms with E-state index in [1.54, 1.807) is 0 Å². The normalized spacial score (nSPS) is 39.0. The number of likely N-dealkylation sites (N-methyl/N-ethyl adjacent to an activating group) is 1. The fraction of sp³-hybridized carbons (Fsp3) is 0.800. The van der Waals surface area contributed by atoms with Crippen molar-refractivity contribution in [2.75, 3.05) is 19.6 Å². The monoisotopic (exact) mass is 276 g/mol. The van der Waals surface area contributed by atoms with Gasteiger partial charge < -0.3 is 4.90 Å². The average Bonchev–Trinajstić information content (AvgIpc) is 2.33. The zero-order valence-electron chi connectivity index (χ0n) is 10.0. The molecule has 1 heterocycles. The maximum Gasteiger partial charge on any atom is 0.311 e. The van der Waals surface area contributed by atoms with Gasteiger partial charge in [0.2, 0.25) is 0 Å². The van der Waals surface area contributed by atoms with Gasteiger partial charge in [0.05, 0.1) is 11.6 Å². The molecule has 0 aromatic rings. The highest BCUT2D eigenvalue weighted by atomic mass is 35.5. The summed E-state index contributed by atoms with van der Waals surface area (Å²) >= 11 is 6.01. The maximum absolute atomic E-state index is 11.4. The Bertz CT molecular complexity index is 441. The van der Waals surface area contributed by atoms with Gasteiger partial charge in [-0.25, -0.2) is 0 Å². The fourth-order valence-corrected chi connectivity index (χ4v) is 3.34. The van der Waals surface area contributed by atoms with Crippen molar-refractivity contribution in [3.8, 4) is 0 Å². The molecule has 1 aliphatic heterocycles. The van der Waals surface area contributed by atoms with Crippen LogP contribution >= 0.6 is 11.6 Å². The van der Waals surface area contributed by atoms with Crippen LogP contribution in [-0.2, 0) is 0 Å². The van der Waals surface area contributed by atoms with E-state index in [0.717, 1.165) is 4.90 Å². The van der Waals surface area contributed by atoms with E-state index in [1.165, 1.54) is 6.08 Å². The maximum atomic E-state index is 11.4. The highest BCUT2D eigenvalue weighted by molar-refractivity contribution is 6.30. The number of nitro groups is 2. The Hall–Kier alpha value is -1.21. The predicted molar refractivity (Wildman–Crippen MR) is 63.9 cm³/mol. The van der Waals surface area contributed by atoms with Crippen molar-refractivity contribution in [2.45, 2.75) is 30.8 Å². The van der Waals surface area contributed by atoms with Crippen molar-refractivity contribution in [3.05, 3.63) is 31.3 Å². The van der Waals surface area contributed by atoms with Gasteiger partial charge in [-0.15, -0.1) is 0 Å². The smallest absolute Gasteiger partial charge is 0.311 e. The first kappa shape index (κ1) is 13.2. The Kier molecular flexibility index (Phi) is 3.06. The SMILES string of the molecule is CC[NH+]1C[C@]2([N+](=O)[O-])CC=C(Cl)[C@]([N+](=O)[O-])(C1)C2. The molecule has 2 bridgehead atoms. The lowest BCUT2D eigenvalue weighted by Gasteiger charge is -2.42. The Morgan fingerprint density at radius 1 is 1.39 bits per heavy atom. The lowest BCUT2D eigenvalue weighted by atomic mass is 9.72. The van der Waals surface area contributed by atoms with Crippen molar-refractivity contribution >= 4 is 11.6 Å². The zero-order chi connectivity index (χ0) is 13.6. The summed E-state index contributed by atoms with van der Waals surface area (Å²) in [7, 11) is 0. The van der Waals surface area contributed by atoms with Gasteiger partial charge in [0.25, 0.3) is 5.54 Å². The van der Waals surface area contributed by atoms with Gasteiger partial charge in [-0.05, 0) is 6.92 Å². The Labute approximate surface area is 109 Å². The summed E-state index contributed by atoms with van der Waals surface area (Å²) in [5, 5.41) is 22.8. The van der Waals surface area contributed by atoms with Gasteiger partial charge in [0.1, 0.15) is 13.0 Å². The van der Waals surface area contributed by atoms with Crippen molar-refractivity contribution < 1.29 is 14.7 Å². The Balaban J connectivity index is 2.51. The van der Waals surface area contributed by atoms with Gasteiger partial charge in [-0.1, -0.05) is 17.7 Å². The summed E-state index contributed by atoms with van der Waals surface area (Å²) in [6.07, 6.45) is 1.54. The fourth-order valence-electron chi connectivity index (χ4n) is 3.06. The number of halogens is 1. The van der Waals surface area contributed by atoms with E-state index in [2.05, 4.69) is 0 Å². The zero-order valence-corrected chi connectivity index (χ0v) is 10.8. The first-order valence-electron chi connectivity index (χ1n) is 5.85. The van der Waals surface area contributed by atoms with Crippen molar-refractivity contribution in [1.82, 2.24) is 0 Å². The molecule has 0 aromatic heterocycles. The number of quaternary nitrogens is 1. The number of piperidine rings is 1. The van der Waals surface area contributed by atoms with E-state index < -0.39 is 16.0 Å². The molecule has 1 fully saturated rings. The second-order valence-electron chi connectivity index (χ2n) is 5.16. The molecule has 2 aliphatic rings. The summed E-state index contributed by atoms with van der Waals surface area (Å²) in [4.78, 5) is 22.7. The van der Waals surface area contributed by atoms with Crippen LogP contribution in [-0.4, -0.2) is 40.6 Å². The molecule has 1 unspecified atom stereocenters. The van der Waals surface area contributed by atoms with Gasteiger partial charge in [0, 0.05) is 16.3 Å². The Morgan fingerprint density at radius 2 is 2.06 bits per heavy atom. The lowest BCUT2D eigenvalue weighted by Crippen LogP contribution is -3.18. The number of rotatable bonds is 3. The number of fused-ring (bicyclic) bond motifs is 2. The van der Waals surface area contributed by atoms with Crippen molar-refractivity contribution in [1.29, 1.82) is 0 Å². The molecule has 1 aliphatic carbocycles. The third-order valence-electron chi connectivity index (χ3n) is 4.09. The molecule has 0 amide bonds. The Morgan fingerprint density at radius 3 is 2.56 bits per heavy atom. The van der Waals surface area contributed by atoms with Gasteiger partial charge in [0.15, 0.2) is 6.54 Å². The molecular formula is C10H15ClN3O4+.